The van der Waals surface area contributed by atoms with Gasteiger partial charge in [-0.1, -0.05) is 0 Å². The van der Waals surface area contributed by atoms with Gasteiger partial charge in [-0.25, -0.2) is 14.4 Å². The molecule has 25 heavy (non-hydrogen) atoms. The third kappa shape index (κ3) is 4.89. The number of nitrogens with zero attached hydrogens (tertiary/aromatic N) is 4. The Hall–Kier alpha value is -2.70. The summed E-state index contributed by atoms with van der Waals surface area (Å²) in [7, 11) is 0. The number of aromatic nitrogens is 2. The summed E-state index contributed by atoms with van der Waals surface area (Å²) in [4.78, 5) is 24.7. The van der Waals surface area contributed by atoms with Crippen molar-refractivity contribution in [2.75, 3.05) is 37.7 Å². The highest BCUT2D eigenvalue weighted by molar-refractivity contribution is 5.76. The van der Waals surface area contributed by atoms with Crippen LogP contribution in [0.15, 0.2) is 42.7 Å². The number of ether oxygens (including phenoxy) is 1. The summed E-state index contributed by atoms with van der Waals surface area (Å²) in [5, 5.41) is 0. The quantitative estimate of drug-likeness (QED) is 0.752. The molecule has 1 aromatic carbocycles. The summed E-state index contributed by atoms with van der Waals surface area (Å²) < 4.78 is 18.3. The molecular weight excluding hydrogens is 323 g/mol. The van der Waals surface area contributed by atoms with Crippen LogP contribution in [0.2, 0.25) is 0 Å². The van der Waals surface area contributed by atoms with Crippen LogP contribution in [0.4, 0.5) is 10.3 Å². The van der Waals surface area contributed by atoms with Gasteiger partial charge in [-0.05, 0) is 36.8 Å². The molecule has 0 radical (unpaired) electrons. The molecule has 0 atom stereocenters. The number of hydrogen-bond donors (Lipinski definition) is 0. The van der Waals surface area contributed by atoms with E-state index in [1.165, 1.54) is 12.1 Å². The van der Waals surface area contributed by atoms with Gasteiger partial charge in [0, 0.05) is 45.0 Å². The van der Waals surface area contributed by atoms with E-state index in [0.717, 1.165) is 13.1 Å². The number of carbonyl (C=O) groups is 1. The molecule has 1 amide bonds. The van der Waals surface area contributed by atoms with Gasteiger partial charge in [0.05, 0.1) is 6.61 Å². The van der Waals surface area contributed by atoms with Crippen LogP contribution < -0.4 is 9.64 Å². The molecule has 0 saturated carbocycles. The zero-order chi connectivity index (χ0) is 17.5. The fourth-order valence-electron chi connectivity index (χ4n) is 2.71. The lowest BCUT2D eigenvalue weighted by atomic mass is 10.2. The predicted octanol–water partition coefficient (Wildman–Crippen LogP) is 2.12. The molecule has 0 unspecified atom stereocenters. The van der Waals surface area contributed by atoms with Gasteiger partial charge in [0.15, 0.2) is 0 Å². The van der Waals surface area contributed by atoms with E-state index in [4.69, 9.17) is 4.74 Å². The number of piperazine rings is 1. The first-order valence-corrected chi connectivity index (χ1v) is 8.40. The van der Waals surface area contributed by atoms with Crippen molar-refractivity contribution in [3.63, 3.8) is 0 Å². The zero-order valence-corrected chi connectivity index (χ0v) is 14.0. The van der Waals surface area contributed by atoms with Crippen molar-refractivity contribution < 1.29 is 13.9 Å². The second-order valence-electron chi connectivity index (χ2n) is 5.82. The van der Waals surface area contributed by atoms with Crippen molar-refractivity contribution in [1.29, 1.82) is 0 Å². The molecule has 0 bridgehead atoms. The first kappa shape index (κ1) is 17.1. The molecule has 0 N–H and O–H groups in total. The van der Waals surface area contributed by atoms with Gasteiger partial charge in [-0.2, -0.15) is 0 Å². The maximum absolute atomic E-state index is 12.8. The Morgan fingerprint density at radius 2 is 1.76 bits per heavy atom. The Bertz CT molecular complexity index is 673. The van der Waals surface area contributed by atoms with E-state index in [0.29, 0.717) is 44.2 Å². The molecule has 1 aliphatic rings. The molecule has 6 nitrogen and oxygen atoms in total. The smallest absolute Gasteiger partial charge is 0.225 e. The Morgan fingerprint density at radius 3 is 2.44 bits per heavy atom. The van der Waals surface area contributed by atoms with Gasteiger partial charge in [0.2, 0.25) is 11.9 Å². The minimum Gasteiger partial charge on any atom is -0.494 e. The number of hydrogen-bond acceptors (Lipinski definition) is 5. The van der Waals surface area contributed by atoms with Crippen LogP contribution in [0.1, 0.15) is 12.8 Å². The first-order valence-electron chi connectivity index (χ1n) is 8.40. The number of rotatable bonds is 6. The number of halogens is 1. The monoisotopic (exact) mass is 344 g/mol. The molecule has 3 rings (SSSR count). The molecule has 2 aromatic rings. The average Bonchev–Trinajstić information content (AvgIpc) is 2.67. The molecule has 0 spiro atoms. The highest BCUT2D eigenvalue weighted by Gasteiger charge is 2.21. The van der Waals surface area contributed by atoms with Gasteiger partial charge < -0.3 is 14.5 Å². The summed E-state index contributed by atoms with van der Waals surface area (Å²) >= 11 is 0. The molecule has 2 heterocycles. The second kappa shape index (κ2) is 8.41. The molecule has 0 aliphatic carbocycles. The van der Waals surface area contributed by atoms with Gasteiger partial charge in [-0.15, -0.1) is 0 Å². The van der Waals surface area contributed by atoms with Gasteiger partial charge in [0.25, 0.3) is 0 Å². The summed E-state index contributed by atoms with van der Waals surface area (Å²) in [6, 6.07) is 7.67. The largest absolute Gasteiger partial charge is 0.494 e. The van der Waals surface area contributed by atoms with Crippen LogP contribution in [0.5, 0.6) is 5.75 Å². The fraction of sp³-hybridized carbons (Fsp3) is 0.389. The van der Waals surface area contributed by atoms with Crippen LogP contribution in [0, 0.1) is 5.82 Å². The number of benzene rings is 1. The van der Waals surface area contributed by atoms with Crippen molar-refractivity contribution in [3.05, 3.63) is 48.5 Å². The Morgan fingerprint density at radius 1 is 1.08 bits per heavy atom. The average molecular weight is 344 g/mol. The maximum Gasteiger partial charge on any atom is 0.225 e. The van der Waals surface area contributed by atoms with E-state index < -0.39 is 0 Å². The van der Waals surface area contributed by atoms with Crippen molar-refractivity contribution in [1.82, 2.24) is 14.9 Å². The standard InChI is InChI=1S/C18H21FN4O2/c19-15-4-6-16(7-5-15)25-14-1-3-17(24)22-10-12-23(13-11-22)18-20-8-2-9-21-18/h2,4-9H,1,3,10-14H2. The minimum atomic E-state index is -0.289. The molecular formula is C18H21FN4O2. The molecule has 1 fully saturated rings. The number of anilines is 1. The summed E-state index contributed by atoms with van der Waals surface area (Å²) in [5.74, 6) is 1.17. The van der Waals surface area contributed by atoms with Gasteiger partial charge in [0.1, 0.15) is 11.6 Å². The van der Waals surface area contributed by atoms with Crippen molar-refractivity contribution in [3.8, 4) is 5.75 Å². The lowest BCUT2D eigenvalue weighted by molar-refractivity contribution is -0.131. The molecule has 1 aromatic heterocycles. The van der Waals surface area contributed by atoms with E-state index >= 15 is 0 Å². The van der Waals surface area contributed by atoms with Crippen LogP contribution in [0.3, 0.4) is 0 Å². The summed E-state index contributed by atoms with van der Waals surface area (Å²) in [5.41, 5.74) is 0. The lowest BCUT2D eigenvalue weighted by Gasteiger charge is -2.34. The lowest BCUT2D eigenvalue weighted by Crippen LogP contribution is -2.49. The highest BCUT2D eigenvalue weighted by Crippen LogP contribution is 2.13. The number of carbonyl (C=O) groups excluding carboxylic acids is 1. The van der Waals surface area contributed by atoms with Crippen LogP contribution in [0.25, 0.3) is 0 Å². The highest BCUT2D eigenvalue weighted by atomic mass is 19.1. The molecule has 132 valence electrons. The SMILES string of the molecule is O=C(CCCOc1ccc(F)cc1)N1CCN(c2ncccn2)CC1. The van der Waals surface area contributed by atoms with Gasteiger partial charge >= 0.3 is 0 Å². The summed E-state index contributed by atoms with van der Waals surface area (Å²) in [6.45, 7) is 3.27. The molecule has 7 heteroatoms. The zero-order valence-electron chi connectivity index (χ0n) is 14.0. The van der Waals surface area contributed by atoms with E-state index in [9.17, 15) is 9.18 Å². The first-order chi connectivity index (χ1) is 12.2. The minimum absolute atomic E-state index is 0.135. The molecule has 1 saturated heterocycles. The maximum atomic E-state index is 12.8. The van der Waals surface area contributed by atoms with Crippen molar-refractivity contribution >= 4 is 11.9 Å². The van der Waals surface area contributed by atoms with Gasteiger partial charge in [-0.3, -0.25) is 4.79 Å². The van der Waals surface area contributed by atoms with Crippen LogP contribution in [-0.4, -0.2) is 53.6 Å². The van der Waals surface area contributed by atoms with Crippen molar-refractivity contribution in [2.24, 2.45) is 0 Å². The van der Waals surface area contributed by atoms with E-state index in [1.807, 2.05) is 4.90 Å². The molecule has 1 aliphatic heterocycles. The van der Waals surface area contributed by atoms with Crippen LogP contribution >= 0.6 is 0 Å². The topological polar surface area (TPSA) is 58.6 Å². The predicted molar refractivity (Wildman–Crippen MR) is 92.0 cm³/mol. The number of amides is 1. The van der Waals surface area contributed by atoms with Crippen molar-refractivity contribution in [2.45, 2.75) is 12.8 Å². The van der Waals surface area contributed by atoms with E-state index in [-0.39, 0.29) is 11.7 Å². The third-order valence-electron chi connectivity index (χ3n) is 4.08. The second-order valence-corrected chi connectivity index (χ2v) is 5.82. The third-order valence-corrected chi connectivity index (χ3v) is 4.08. The summed E-state index contributed by atoms with van der Waals surface area (Å²) in [6.07, 6.45) is 4.53. The normalized spacial score (nSPS) is 14.4. The Labute approximate surface area is 146 Å². The fourth-order valence-corrected chi connectivity index (χ4v) is 2.71. The van der Waals surface area contributed by atoms with E-state index in [2.05, 4.69) is 14.9 Å². The van der Waals surface area contributed by atoms with Crippen LogP contribution in [-0.2, 0) is 4.79 Å². The van der Waals surface area contributed by atoms with E-state index in [1.54, 1.807) is 30.6 Å². The Kier molecular flexibility index (Phi) is 5.77. The Balaban J connectivity index is 1.36.